The van der Waals surface area contributed by atoms with Crippen molar-refractivity contribution in [2.75, 3.05) is 6.54 Å². The summed E-state index contributed by atoms with van der Waals surface area (Å²) in [5.74, 6) is -0.798. The number of rotatable bonds is 6. The molecule has 0 bridgehead atoms. The average Bonchev–Trinajstić information content (AvgIpc) is 2.94. The predicted molar refractivity (Wildman–Crippen MR) is 79.1 cm³/mol. The zero-order valence-corrected chi connectivity index (χ0v) is 12.4. The molecule has 2 aromatic rings. The van der Waals surface area contributed by atoms with Gasteiger partial charge in [-0.05, 0) is 31.2 Å². The SMILES string of the molecule is C[C@@H](NC(=O)CCNC(=O)c1ccc(F)cc1)c1n[nH]c(=O)[nH]1. The molecule has 0 aliphatic heterocycles. The Labute approximate surface area is 130 Å². The van der Waals surface area contributed by atoms with Gasteiger partial charge in [-0.15, -0.1) is 0 Å². The second kappa shape index (κ2) is 7.34. The van der Waals surface area contributed by atoms with Crippen molar-refractivity contribution in [3.63, 3.8) is 0 Å². The minimum Gasteiger partial charge on any atom is -0.352 e. The van der Waals surface area contributed by atoms with Crippen molar-refractivity contribution in [2.24, 2.45) is 0 Å². The van der Waals surface area contributed by atoms with E-state index in [1.165, 1.54) is 24.3 Å². The van der Waals surface area contributed by atoms with Gasteiger partial charge in [0.25, 0.3) is 5.91 Å². The molecule has 1 heterocycles. The zero-order valence-electron chi connectivity index (χ0n) is 12.4. The van der Waals surface area contributed by atoms with Crippen LogP contribution < -0.4 is 16.3 Å². The van der Waals surface area contributed by atoms with Gasteiger partial charge in [-0.25, -0.2) is 14.3 Å². The van der Waals surface area contributed by atoms with Crippen molar-refractivity contribution in [1.29, 1.82) is 0 Å². The molecular formula is C14H16FN5O3. The van der Waals surface area contributed by atoms with E-state index in [9.17, 15) is 18.8 Å². The number of H-pyrrole nitrogens is 2. The van der Waals surface area contributed by atoms with E-state index in [0.717, 1.165) is 0 Å². The predicted octanol–water partition coefficient (Wildman–Crippen LogP) is 0.234. The molecule has 0 fully saturated rings. The van der Waals surface area contributed by atoms with Crippen LogP contribution in [0, 0.1) is 5.82 Å². The zero-order chi connectivity index (χ0) is 16.8. The summed E-state index contributed by atoms with van der Waals surface area (Å²) in [6, 6.07) is 4.64. The van der Waals surface area contributed by atoms with Crippen LogP contribution in [0.3, 0.4) is 0 Å². The molecule has 0 spiro atoms. The summed E-state index contributed by atoms with van der Waals surface area (Å²) in [5, 5.41) is 11.1. The topological polar surface area (TPSA) is 120 Å². The van der Waals surface area contributed by atoms with E-state index < -0.39 is 17.5 Å². The first-order chi connectivity index (χ1) is 11.0. The van der Waals surface area contributed by atoms with Crippen LogP contribution in [-0.2, 0) is 4.79 Å². The van der Waals surface area contributed by atoms with Crippen molar-refractivity contribution < 1.29 is 14.0 Å². The number of benzene rings is 1. The molecule has 0 aliphatic rings. The molecule has 9 heteroatoms. The van der Waals surface area contributed by atoms with Crippen LogP contribution in [0.15, 0.2) is 29.1 Å². The van der Waals surface area contributed by atoms with Gasteiger partial charge in [-0.2, -0.15) is 5.10 Å². The van der Waals surface area contributed by atoms with E-state index in [1.54, 1.807) is 6.92 Å². The third kappa shape index (κ3) is 4.77. The Morgan fingerprint density at radius 3 is 2.61 bits per heavy atom. The highest BCUT2D eigenvalue weighted by Gasteiger charge is 2.13. The summed E-state index contributed by atoms with van der Waals surface area (Å²) in [6.45, 7) is 1.80. The quantitative estimate of drug-likeness (QED) is 0.609. The molecule has 1 aromatic carbocycles. The van der Waals surface area contributed by atoms with Crippen LogP contribution >= 0.6 is 0 Å². The maximum atomic E-state index is 12.8. The van der Waals surface area contributed by atoms with Gasteiger partial charge in [0.05, 0.1) is 6.04 Å². The largest absolute Gasteiger partial charge is 0.352 e. The average molecular weight is 321 g/mol. The first kappa shape index (κ1) is 16.4. The highest BCUT2D eigenvalue weighted by atomic mass is 19.1. The normalized spacial score (nSPS) is 11.7. The first-order valence-corrected chi connectivity index (χ1v) is 6.93. The first-order valence-electron chi connectivity index (χ1n) is 6.93. The van der Waals surface area contributed by atoms with Crippen LogP contribution in [0.4, 0.5) is 4.39 Å². The summed E-state index contributed by atoms with van der Waals surface area (Å²) in [7, 11) is 0. The van der Waals surface area contributed by atoms with Crippen molar-refractivity contribution >= 4 is 11.8 Å². The Balaban J connectivity index is 1.75. The van der Waals surface area contributed by atoms with Crippen LogP contribution in [0.1, 0.15) is 35.6 Å². The summed E-state index contributed by atoms with van der Waals surface area (Å²) >= 11 is 0. The van der Waals surface area contributed by atoms with Crippen molar-refractivity contribution in [2.45, 2.75) is 19.4 Å². The summed E-state index contributed by atoms with van der Waals surface area (Å²) in [5.41, 5.74) is -0.137. The third-order valence-corrected chi connectivity index (χ3v) is 3.05. The Morgan fingerprint density at radius 2 is 2.00 bits per heavy atom. The number of aromatic nitrogens is 3. The van der Waals surface area contributed by atoms with Crippen LogP contribution in [0.5, 0.6) is 0 Å². The number of carbonyl (C=O) groups is 2. The fourth-order valence-electron chi connectivity index (χ4n) is 1.86. The molecule has 8 nitrogen and oxygen atoms in total. The van der Waals surface area contributed by atoms with E-state index >= 15 is 0 Å². The highest BCUT2D eigenvalue weighted by Crippen LogP contribution is 2.04. The lowest BCUT2D eigenvalue weighted by Crippen LogP contribution is -2.32. The summed E-state index contributed by atoms with van der Waals surface area (Å²) in [6.07, 6.45) is 0.0614. The fourth-order valence-corrected chi connectivity index (χ4v) is 1.86. The van der Waals surface area contributed by atoms with E-state index in [0.29, 0.717) is 11.4 Å². The van der Waals surface area contributed by atoms with Gasteiger partial charge in [0, 0.05) is 18.5 Å². The summed E-state index contributed by atoms with van der Waals surface area (Å²) < 4.78 is 12.8. The van der Waals surface area contributed by atoms with Gasteiger partial charge < -0.3 is 10.6 Å². The second-order valence-electron chi connectivity index (χ2n) is 4.86. The van der Waals surface area contributed by atoms with Crippen molar-refractivity contribution in [3.8, 4) is 0 Å². The lowest BCUT2D eigenvalue weighted by molar-refractivity contribution is -0.121. The third-order valence-electron chi connectivity index (χ3n) is 3.05. The second-order valence-corrected chi connectivity index (χ2v) is 4.86. The van der Waals surface area contributed by atoms with Gasteiger partial charge in [0.1, 0.15) is 5.82 Å². The maximum Gasteiger partial charge on any atom is 0.340 e. The molecule has 2 rings (SSSR count). The highest BCUT2D eigenvalue weighted by molar-refractivity contribution is 5.94. The fraction of sp³-hybridized carbons (Fsp3) is 0.286. The van der Waals surface area contributed by atoms with Crippen molar-refractivity contribution in [3.05, 3.63) is 52.0 Å². The van der Waals surface area contributed by atoms with Gasteiger partial charge in [-0.3, -0.25) is 14.6 Å². The molecule has 0 radical (unpaired) electrons. The molecule has 0 saturated carbocycles. The number of carbonyl (C=O) groups excluding carboxylic acids is 2. The minimum absolute atomic E-state index is 0.0614. The molecular weight excluding hydrogens is 305 g/mol. The number of nitrogens with zero attached hydrogens (tertiary/aromatic N) is 1. The van der Waals surface area contributed by atoms with E-state index in [-0.39, 0.29) is 24.8 Å². The van der Waals surface area contributed by atoms with Crippen molar-refractivity contribution in [1.82, 2.24) is 25.8 Å². The lowest BCUT2D eigenvalue weighted by Gasteiger charge is -2.11. The number of hydrogen-bond acceptors (Lipinski definition) is 4. The summed E-state index contributed by atoms with van der Waals surface area (Å²) in [4.78, 5) is 36.9. The van der Waals surface area contributed by atoms with Crippen LogP contribution in [0.2, 0.25) is 0 Å². The number of halogens is 1. The van der Waals surface area contributed by atoms with Gasteiger partial charge in [-0.1, -0.05) is 0 Å². The number of amides is 2. The van der Waals surface area contributed by atoms with Crippen LogP contribution in [0.25, 0.3) is 0 Å². The van der Waals surface area contributed by atoms with E-state index in [2.05, 4.69) is 25.8 Å². The Morgan fingerprint density at radius 1 is 1.30 bits per heavy atom. The van der Waals surface area contributed by atoms with Crippen LogP contribution in [-0.4, -0.2) is 33.5 Å². The molecule has 1 aromatic heterocycles. The van der Waals surface area contributed by atoms with E-state index in [4.69, 9.17) is 0 Å². The standard InChI is InChI=1S/C14H16FN5O3/c1-8(12-18-14(23)20-19-12)17-11(21)6-7-16-13(22)9-2-4-10(15)5-3-9/h2-5,8H,6-7H2,1H3,(H,16,22)(H,17,21)(H2,18,19,20,23)/t8-/m1/s1. The number of hydrogen-bond donors (Lipinski definition) is 4. The lowest BCUT2D eigenvalue weighted by atomic mass is 10.2. The van der Waals surface area contributed by atoms with Gasteiger partial charge >= 0.3 is 5.69 Å². The molecule has 23 heavy (non-hydrogen) atoms. The van der Waals surface area contributed by atoms with Gasteiger partial charge in [0.2, 0.25) is 5.91 Å². The molecule has 1 atom stereocenters. The molecule has 122 valence electrons. The molecule has 0 saturated heterocycles. The maximum absolute atomic E-state index is 12.8. The number of aromatic amines is 2. The number of nitrogens with one attached hydrogen (secondary N) is 4. The monoisotopic (exact) mass is 321 g/mol. The molecule has 0 unspecified atom stereocenters. The van der Waals surface area contributed by atoms with Gasteiger partial charge in [0.15, 0.2) is 5.82 Å². The Hall–Kier alpha value is -2.97. The smallest absolute Gasteiger partial charge is 0.340 e. The minimum atomic E-state index is -0.464. The Kier molecular flexibility index (Phi) is 5.23. The Bertz CT molecular complexity index is 737. The van der Waals surface area contributed by atoms with E-state index in [1.807, 2.05) is 0 Å². The molecule has 2 amide bonds. The molecule has 0 aliphatic carbocycles. The molecule has 4 N–H and O–H groups in total.